The number of carbonyl (C=O) groups excluding carboxylic acids is 2. The lowest BCUT2D eigenvalue weighted by Gasteiger charge is -2.16. The van der Waals surface area contributed by atoms with Crippen LogP contribution >= 0.6 is 0 Å². The molecule has 0 aromatic rings. The Balaban J connectivity index is 3.49. The first-order valence-corrected chi connectivity index (χ1v) is 20.0. The molecular formula is C40H78O4. The molecule has 0 bridgehead atoms. The Hall–Kier alpha value is -1.06. The van der Waals surface area contributed by atoms with Crippen molar-refractivity contribution in [3.8, 4) is 0 Å². The molecule has 4 heteroatoms. The molecule has 1 atom stereocenters. The third kappa shape index (κ3) is 33.8. The summed E-state index contributed by atoms with van der Waals surface area (Å²) in [6.07, 6.45) is 40.8. The first-order valence-electron chi connectivity index (χ1n) is 20.0. The molecule has 0 aliphatic heterocycles. The molecule has 0 spiro atoms. The summed E-state index contributed by atoms with van der Waals surface area (Å²) in [5, 5.41) is 0. The minimum absolute atomic E-state index is 0.148. The summed E-state index contributed by atoms with van der Waals surface area (Å²) in [7, 11) is 0. The molecule has 0 amide bonds. The first-order chi connectivity index (χ1) is 21.6. The number of esters is 2. The number of hydrogen-bond donors (Lipinski definition) is 0. The second-order valence-electron chi connectivity index (χ2n) is 13.6. The fourth-order valence-corrected chi connectivity index (χ4v) is 6.02. The summed E-state index contributed by atoms with van der Waals surface area (Å²) < 4.78 is 11.0. The van der Waals surface area contributed by atoms with E-state index in [0.29, 0.717) is 19.3 Å². The topological polar surface area (TPSA) is 52.6 Å². The molecule has 0 rings (SSSR count). The molecule has 0 aromatic carbocycles. The Kier molecular flexibility index (Phi) is 35.5. The minimum atomic E-state index is -0.316. The van der Waals surface area contributed by atoms with Gasteiger partial charge in [0.05, 0.1) is 0 Å². The van der Waals surface area contributed by atoms with Crippen LogP contribution in [-0.2, 0) is 19.1 Å². The molecule has 0 saturated heterocycles. The zero-order valence-corrected chi connectivity index (χ0v) is 30.3. The van der Waals surface area contributed by atoms with Crippen LogP contribution in [0.15, 0.2) is 0 Å². The molecule has 0 heterocycles. The van der Waals surface area contributed by atoms with Gasteiger partial charge in [-0.3, -0.25) is 9.59 Å². The van der Waals surface area contributed by atoms with E-state index in [-0.39, 0.29) is 24.6 Å². The summed E-state index contributed by atoms with van der Waals surface area (Å²) >= 11 is 0. The number of unbranched alkanes of at least 4 members (excludes halogenated alkanes) is 28. The smallest absolute Gasteiger partial charge is 0.306 e. The minimum Gasteiger partial charge on any atom is -0.462 e. The van der Waals surface area contributed by atoms with Gasteiger partial charge >= 0.3 is 11.9 Å². The van der Waals surface area contributed by atoms with Gasteiger partial charge in [-0.05, 0) is 19.3 Å². The SMILES string of the molecule is CCCCCCCCCCCCCCCCCC(=O)OC[C@H](CC)OC(=O)CCCCCCCCCCCCCCCCC. The second-order valence-corrected chi connectivity index (χ2v) is 13.6. The normalized spacial score (nSPS) is 12.0. The fraction of sp³-hybridized carbons (Fsp3) is 0.950. The Morgan fingerprint density at radius 3 is 0.955 bits per heavy atom. The van der Waals surface area contributed by atoms with Crippen LogP contribution < -0.4 is 0 Å². The van der Waals surface area contributed by atoms with Crippen molar-refractivity contribution in [3.63, 3.8) is 0 Å². The molecule has 0 aromatic heterocycles. The highest BCUT2D eigenvalue weighted by molar-refractivity contribution is 5.70. The van der Waals surface area contributed by atoms with Crippen LogP contribution in [0.2, 0.25) is 0 Å². The molecule has 0 saturated carbocycles. The average molecular weight is 623 g/mol. The van der Waals surface area contributed by atoms with E-state index in [2.05, 4.69) is 13.8 Å². The van der Waals surface area contributed by atoms with E-state index in [9.17, 15) is 9.59 Å². The molecule has 0 N–H and O–H groups in total. The number of rotatable bonds is 36. The summed E-state index contributed by atoms with van der Waals surface area (Å²) in [5.41, 5.74) is 0. The van der Waals surface area contributed by atoms with Gasteiger partial charge in [0, 0.05) is 12.8 Å². The van der Waals surface area contributed by atoms with Crippen molar-refractivity contribution >= 4 is 11.9 Å². The Bertz CT molecular complexity index is 590. The van der Waals surface area contributed by atoms with E-state index >= 15 is 0 Å². The molecule has 0 unspecified atom stereocenters. The first kappa shape index (κ1) is 42.9. The van der Waals surface area contributed by atoms with Gasteiger partial charge in [0.2, 0.25) is 0 Å². The second kappa shape index (κ2) is 36.4. The van der Waals surface area contributed by atoms with E-state index in [1.54, 1.807) is 0 Å². The highest BCUT2D eigenvalue weighted by Crippen LogP contribution is 2.16. The van der Waals surface area contributed by atoms with Crippen molar-refractivity contribution < 1.29 is 19.1 Å². The monoisotopic (exact) mass is 623 g/mol. The van der Waals surface area contributed by atoms with E-state index in [1.165, 1.54) is 167 Å². The lowest BCUT2D eigenvalue weighted by molar-refractivity contribution is -0.159. The summed E-state index contributed by atoms with van der Waals surface area (Å²) in [5.74, 6) is -0.304. The van der Waals surface area contributed by atoms with E-state index in [1.807, 2.05) is 6.92 Å². The third-order valence-electron chi connectivity index (χ3n) is 9.15. The van der Waals surface area contributed by atoms with Gasteiger partial charge in [-0.25, -0.2) is 0 Å². The summed E-state index contributed by atoms with van der Waals surface area (Å²) in [4.78, 5) is 24.4. The van der Waals surface area contributed by atoms with Crippen LogP contribution in [0.25, 0.3) is 0 Å². The number of hydrogen-bond acceptors (Lipinski definition) is 4. The van der Waals surface area contributed by atoms with Gasteiger partial charge in [0.25, 0.3) is 0 Å². The average Bonchev–Trinajstić information content (AvgIpc) is 3.02. The standard InChI is InChI=1S/C40H78O4/c1-4-7-9-11-13-15-17-19-21-23-25-27-29-31-33-35-39(41)43-37-38(6-3)44-40(42)36-34-32-30-28-26-24-22-20-18-16-14-12-10-8-5-2/h38H,4-37H2,1-3H3/t38-/m0/s1. The van der Waals surface area contributed by atoms with Crippen molar-refractivity contribution in [3.05, 3.63) is 0 Å². The predicted octanol–water partition coefficient (Wildman–Crippen LogP) is 13.4. The van der Waals surface area contributed by atoms with Crippen molar-refractivity contribution in [2.75, 3.05) is 6.61 Å². The van der Waals surface area contributed by atoms with Gasteiger partial charge < -0.3 is 9.47 Å². The maximum absolute atomic E-state index is 12.3. The van der Waals surface area contributed by atoms with Gasteiger partial charge in [-0.2, -0.15) is 0 Å². The lowest BCUT2D eigenvalue weighted by Crippen LogP contribution is -2.24. The van der Waals surface area contributed by atoms with Crippen molar-refractivity contribution in [1.29, 1.82) is 0 Å². The highest BCUT2D eigenvalue weighted by Gasteiger charge is 2.15. The Morgan fingerprint density at radius 1 is 0.386 bits per heavy atom. The van der Waals surface area contributed by atoms with Crippen LogP contribution in [0.5, 0.6) is 0 Å². The van der Waals surface area contributed by atoms with Crippen molar-refractivity contribution in [2.24, 2.45) is 0 Å². The summed E-state index contributed by atoms with van der Waals surface area (Å²) in [6, 6.07) is 0. The molecule has 44 heavy (non-hydrogen) atoms. The summed E-state index contributed by atoms with van der Waals surface area (Å²) in [6.45, 7) is 6.73. The molecule has 4 nitrogen and oxygen atoms in total. The van der Waals surface area contributed by atoms with Crippen LogP contribution in [0.4, 0.5) is 0 Å². The van der Waals surface area contributed by atoms with Gasteiger partial charge in [0.1, 0.15) is 12.7 Å². The molecule has 0 fully saturated rings. The van der Waals surface area contributed by atoms with Gasteiger partial charge in [-0.1, -0.05) is 201 Å². The van der Waals surface area contributed by atoms with Gasteiger partial charge in [0.15, 0.2) is 0 Å². The van der Waals surface area contributed by atoms with Crippen LogP contribution in [0.3, 0.4) is 0 Å². The maximum atomic E-state index is 12.3. The Labute approximate surface area is 276 Å². The largest absolute Gasteiger partial charge is 0.462 e. The van der Waals surface area contributed by atoms with E-state index in [4.69, 9.17) is 9.47 Å². The molecule has 0 radical (unpaired) electrons. The van der Waals surface area contributed by atoms with Crippen molar-refractivity contribution in [1.82, 2.24) is 0 Å². The van der Waals surface area contributed by atoms with Gasteiger partial charge in [-0.15, -0.1) is 0 Å². The van der Waals surface area contributed by atoms with Crippen LogP contribution in [-0.4, -0.2) is 24.6 Å². The van der Waals surface area contributed by atoms with E-state index < -0.39 is 0 Å². The molecule has 0 aliphatic carbocycles. The third-order valence-corrected chi connectivity index (χ3v) is 9.15. The van der Waals surface area contributed by atoms with Crippen molar-refractivity contribution in [2.45, 2.75) is 239 Å². The highest BCUT2D eigenvalue weighted by atomic mass is 16.6. The van der Waals surface area contributed by atoms with Crippen LogP contribution in [0.1, 0.15) is 233 Å². The maximum Gasteiger partial charge on any atom is 0.306 e. The van der Waals surface area contributed by atoms with E-state index in [0.717, 1.165) is 25.7 Å². The molecule has 262 valence electrons. The fourth-order valence-electron chi connectivity index (χ4n) is 6.02. The van der Waals surface area contributed by atoms with Crippen LogP contribution in [0, 0.1) is 0 Å². The Morgan fingerprint density at radius 2 is 0.659 bits per heavy atom. The zero-order valence-electron chi connectivity index (χ0n) is 30.3. The molecule has 0 aliphatic rings. The molecular weight excluding hydrogens is 544 g/mol. The quantitative estimate of drug-likeness (QED) is 0.0515. The number of carbonyl (C=O) groups is 2. The predicted molar refractivity (Wildman–Crippen MR) is 190 cm³/mol. The lowest BCUT2D eigenvalue weighted by atomic mass is 10.0. The number of ether oxygens (including phenoxy) is 2. The zero-order chi connectivity index (χ0) is 32.2.